The number of rotatable bonds is 22. The Labute approximate surface area is 371 Å². The second-order valence-corrected chi connectivity index (χ2v) is 16.4. The smallest absolute Gasteiger partial charge is 0.246 e. The van der Waals surface area contributed by atoms with Crippen LogP contribution in [-0.2, 0) is 44.8 Å². The molecule has 3 heterocycles. The lowest BCUT2D eigenvalue weighted by Crippen LogP contribution is -2.61. The standard InChI is InChI=1S/C43H58N13O8/c1-5-22(3)36(46)42(63)51-30(17-34(44)57)39(60)50-31(18-35(45)58)40(61)52-37(23(4)6-2)43(64)55-20-26(56-21-32(53-54-56)24-11-7-8-12-24)16-33(55)41(62)49-29(38(47)59)15-25-19-48-28-14-10-9-13-27(25)28/h7-14,19,21-23,26,29-31,33,36-37,48H,5-6,15-18,20,46H2,1-4H3,(H2,44,57)(H2,45,58)(H2,47,59)(H,49,62)(H,50,60)(H,51,63)(H,52,61)/t22-,23-,26-,29-,30-,31-,33-,36-,37-/m0/s1. The molecule has 3 aromatic rings. The number of primary amides is 3. The van der Waals surface area contributed by atoms with E-state index in [1.807, 2.05) is 56.9 Å². The zero-order valence-corrected chi connectivity index (χ0v) is 36.3. The fourth-order valence-corrected chi connectivity index (χ4v) is 7.63. The van der Waals surface area contributed by atoms with E-state index in [1.54, 1.807) is 37.8 Å². The number of carbonyl (C=O) groups excluding carboxylic acids is 8. The van der Waals surface area contributed by atoms with Gasteiger partial charge in [-0.25, -0.2) is 4.68 Å². The largest absolute Gasteiger partial charge is 0.370 e. The Balaban J connectivity index is 1.41. The lowest BCUT2D eigenvalue weighted by atomic mass is 9.96. The molecule has 13 N–H and O–H groups in total. The van der Waals surface area contributed by atoms with Crippen molar-refractivity contribution >= 4 is 58.2 Å². The van der Waals surface area contributed by atoms with Gasteiger partial charge < -0.3 is 54.1 Å². The quantitative estimate of drug-likeness (QED) is 0.0559. The van der Waals surface area contributed by atoms with E-state index in [9.17, 15) is 38.4 Å². The highest BCUT2D eigenvalue weighted by molar-refractivity contribution is 5.99. The lowest BCUT2D eigenvalue weighted by Gasteiger charge is -2.32. The van der Waals surface area contributed by atoms with Crippen LogP contribution in [0.25, 0.3) is 10.9 Å². The summed E-state index contributed by atoms with van der Waals surface area (Å²) >= 11 is 0. The second kappa shape index (κ2) is 21.8. The van der Waals surface area contributed by atoms with Crippen LogP contribution in [0, 0.1) is 43.4 Å². The van der Waals surface area contributed by atoms with Gasteiger partial charge in [0.1, 0.15) is 30.2 Å². The minimum absolute atomic E-state index is 0.0369. The molecule has 1 aromatic carbocycles. The highest BCUT2D eigenvalue weighted by Gasteiger charge is 2.45. The number of aromatic amines is 1. The van der Waals surface area contributed by atoms with Crippen molar-refractivity contribution in [3.63, 3.8) is 0 Å². The third kappa shape index (κ3) is 12.0. The van der Waals surface area contributed by atoms with E-state index in [4.69, 9.17) is 22.9 Å². The number of benzene rings is 1. The monoisotopic (exact) mass is 884 g/mol. The zero-order valence-electron chi connectivity index (χ0n) is 36.3. The summed E-state index contributed by atoms with van der Waals surface area (Å²) < 4.78 is 1.56. The van der Waals surface area contributed by atoms with Gasteiger partial charge in [-0.15, -0.1) is 5.10 Å². The summed E-state index contributed by atoms with van der Waals surface area (Å²) in [4.78, 5) is 111. The zero-order chi connectivity index (χ0) is 46.8. The maximum absolute atomic E-state index is 14.8. The first kappa shape index (κ1) is 48.6. The Hall–Kier alpha value is -6.38. The normalized spacial score (nSPS) is 19.7. The van der Waals surface area contributed by atoms with Crippen molar-refractivity contribution < 1.29 is 38.4 Å². The number of hydrogen-bond acceptors (Lipinski definition) is 11. The molecule has 5 rings (SSSR count). The summed E-state index contributed by atoms with van der Waals surface area (Å²) in [5, 5.41) is 19.6. The Kier molecular flexibility index (Phi) is 16.6. The predicted octanol–water partition coefficient (Wildman–Crippen LogP) is -1.51. The maximum atomic E-state index is 14.8. The fourth-order valence-electron chi connectivity index (χ4n) is 7.63. The molecular weight excluding hydrogens is 827 g/mol. The Morgan fingerprint density at radius 3 is 2.03 bits per heavy atom. The van der Waals surface area contributed by atoms with Crippen LogP contribution >= 0.6 is 0 Å². The molecule has 5 radical (unpaired) electrons. The predicted molar refractivity (Wildman–Crippen MR) is 232 cm³/mol. The second-order valence-electron chi connectivity index (χ2n) is 16.4. The minimum atomic E-state index is -1.68. The van der Waals surface area contributed by atoms with Crippen molar-refractivity contribution in [3.8, 4) is 0 Å². The van der Waals surface area contributed by atoms with Crippen LogP contribution in [0.5, 0.6) is 0 Å². The SMILES string of the molecule is CC[C@H](C)[C@H](N)C(=O)N[C@@H](CC(N)=O)C(=O)N[C@@H](CC(N)=O)C(=O)N[C@H](C(=O)N1C[C@@H](n2cc([C]3[CH][CH][CH][CH]3)nn2)C[C@H]1C(=O)N[C@@H](Cc1c[nH]c2ccccc12)C(N)=O)[C@@H](C)CC. The van der Waals surface area contributed by atoms with Gasteiger partial charge in [-0.05, 0) is 49.1 Å². The van der Waals surface area contributed by atoms with E-state index < -0.39 is 108 Å². The van der Waals surface area contributed by atoms with Crippen LogP contribution in [-0.4, -0.2) is 115 Å². The number of amides is 8. The van der Waals surface area contributed by atoms with Gasteiger partial charge in [0.2, 0.25) is 47.3 Å². The van der Waals surface area contributed by atoms with Crippen molar-refractivity contribution in [3.05, 3.63) is 79.5 Å². The van der Waals surface area contributed by atoms with E-state index in [-0.39, 0.29) is 25.3 Å². The van der Waals surface area contributed by atoms with Crippen LogP contribution < -0.4 is 44.2 Å². The summed E-state index contributed by atoms with van der Waals surface area (Å²) in [6.45, 7) is 6.95. The van der Waals surface area contributed by atoms with E-state index >= 15 is 0 Å². The summed E-state index contributed by atoms with van der Waals surface area (Å²) in [6, 6.07) is -1.14. The Bertz CT molecular complexity index is 2180. The first-order valence-electron chi connectivity index (χ1n) is 21.2. The van der Waals surface area contributed by atoms with Gasteiger partial charge >= 0.3 is 0 Å². The van der Waals surface area contributed by atoms with Crippen molar-refractivity contribution in [2.24, 2.45) is 34.8 Å². The van der Waals surface area contributed by atoms with Crippen LogP contribution in [0.1, 0.15) is 77.1 Å². The Morgan fingerprint density at radius 2 is 1.42 bits per heavy atom. The minimum Gasteiger partial charge on any atom is -0.370 e. The number of aromatic nitrogens is 4. The molecule has 1 aliphatic carbocycles. The molecule has 8 amide bonds. The number of H-pyrrole nitrogens is 1. The van der Waals surface area contributed by atoms with Gasteiger partial charge in [0.15, 0.2) is 0 Å². The number of fused-ring (bicyclic) bond motifs is 1. The maximum Gasteiger partial charge on any atom is 0.246 e. The third-order valence-corrected chi connectivity index (χ3v) is 11.9. The van der Waals surface area contributed by atoms with E-state index in [1.165, 1.54) is 4.90 Å². The first-order valence-corrected chi connectivity index (χ1v) is 21.2. The Morgan fingerprint density at radius 1 is 0.812 bits per heavy atom. The summed E-state index contributed by atoms with van der Waals surface area (Å²) in [5.41, 5.74) is 24.9. The molecule has 21 heteroatoms. The average Bonchev–Trinajstić information content (AvgIpc) is 4.10. The molecule has 2 aliphatic rings. The first-order chi connectivity index (χ1) is 30.4. The number of nitrogens with two attached hydrogens (primary N) is 4. The van der Waals surface area contributed by atoms with Crippen LogP contribution in [0.15, 0.2) is 36.7 Å². The van der Waals surface area contributed by atoms with Crippen LogP contribution in [0.4, 0.5) is 0 Å². The van der Waals surface area contributed by atoms with E-state index in [0.29, 0.717) is 18.5 Å². The lowest BCUT2D eigenvalue weighted by molar-refractivity contribution is -0.143. The molecule has 64 heavy (non-hydrogen) atoms. The molecule has 1 saturated carbocycles. The van der Waals surface area contributed by atoms with Crippen LogP contribution in [0.3, 0.4) is 0 Å². The molecule has 1 aliphatic heterocycles. The van der Waals surface area contributed by atoms with Crippen molar-refractivity contribution in [2.75, 3.05) is 6.54 Å². The van der Waals surface area contributed by atoms with Gasteiger partial charge in [-0.2, -0.15) is 0 Å². The molecule has 0 spiro atoms. The van der Waals surface area contributed by atoms with E-state index in [2.05, 4.69) is 36.6 Å². The molecular formula is C43H58N13O8. The van der Waals surface area contributed by atoms with E-state index in [0.717, 1.165) is 22.4 Å². The highest BCUT2D eigenvalue weighted by atomic mass is 16.2. The van der Waals surface area contributed by atoms with Gasteiger partial charge in [0.25, 0.3) is 0 Å². The van der Waals surface area contributed by atoms with Crippen molar-refractivity contribution in [1.82, 2.24) is 46.1 Å². The molecule has 0 bridgehead atoms. The number of para-hydroxylation sites is 1. The number of carbonyl (C=O) groups is 8. The number of hydrogen-bond donors (Lipinski definition) is 9. The van der Waals surface area contributed by atoms with Gasteiger partial charge in [0, 0.05) is 48.6 Å². The highest BCUT2D eigenvalue weighted by Crippen LogP contribution is 2.32. The average molecular weight is 885 g/mol. The molecule has 9 atom stereocenters. The molecule has 2 aromatic heterocycles. The third-order valence-electron chi connectivity index (χ3n) is 11.9. The summed E-state index contributed by atoms with van der Waals surface area (Å²) in [5.74, 6) is -6.95. The van der Waals surface area contributed by atoms with Crippen molar-refractivity contribution in [2.45, 2.75) is 109 Å². The fraction of sp³-hybridized carbons (Fsp3) is 0.465. The molecule has 1 saturated heterocycles. The van der Waals surface area contributed by atoms with Crippen molar-refractivity contribution in [1.29, 1.82) is 0 Å². The summed E-state index contributed by atoms with van der Waals surface area (Å²) in [7, 11) is 0. The molecule has 343 valence electrons. The number of nitrogens with zero attached hydrogens (tertiary/aromatic N) is 4. The molecule has 2 fully saturated rings. The molecule has 0 unspecified atom stereocenters. The topological polar surface area (TPSA) is 338 Å². The molecule has 21 nitrogen and oxygen atoms in total. The summed E-state index contributed by atoms with van der Waals surface area (Å²) in [6.07, 6.45) is 10.4. The number of nitrogens with one attached hydrogen (secondary N) is 5. The van der Waals surface area contributed by atoms with Gasteiger partial charge in [-0.3, -0.25) is 38.4 Å². The number of likely N-dealkylation sites (tertiary alicyclic amines) is 1. The van der Waals surface area contributed by atoms with Gasteiger partial charge in [0.05, 0.1) is 30.6 Å². The van der Waals surface area contributed by atoms with Gasteiger partial charge in [-0.1, -0.05) is 63.9 Å². The van der Waals surface area contributed by atoms with Crippen LogP contribution in [0.2, 0.25) is 0 Å².